The Labute approximate surface area is 104 Å². The molecule has 1 aromatic carbocycles. The Morgan fingerprint density at radius 2 is 2.06 bits per heavy atom. The van der Waals surface area contributed by atoms with Crippen molar-refractivity contribution in [2.24, 2.45) is 4.99 Å². The van der Waals surface area contributed by atoms with Gasteiger partial charge in [0.25, 0.3) is 0 Å². The van der Waals surface area contributed by atoms with Gasteiger partial charge < -0.3 is 4.42 Å². The van der Waals surface area contributed by atoms with Crippen LogP contribution in [-0.2, 0) is 0 Å². The van der Waals surface area contributed by atoms with E-state index in [0.29, 0.717) is 5.76 Å². The summed E-state index contributed by atoms with van der Waals surface area (Å²) in [7, 11) is 0. The first kappa shape index (κ1) is 12.0. The number of nitrogens with zero attached hydrogens (tertiary/aromatic N) is 2. The lowest BCUT2D eigenvalue weighted by atomic mass is 10.1. The van der Waals surface area contributed by atoms with Crippen molar-refractivity contribution in [2.75, 3.05) is 0 Å². The molecule has 5 heteroatoms. The van der Waals surface area contributed by atoms with E-state index in [0.717, 1.165) is 11.3 Å². The Morgan fingerprint density at radius 1 is 1.28 bits per heavy atom. The summed E-state index contributed by atoms with van der Waals surface area (Å²) in [4.78, 5) is 14.1. The van der Waals surface area contributed by atoms with E-state index < -0.39 is 4.92 Å². The molecule has 5 nitrogen and oxygen atoms in total. The molecule has 0 unspecified atom stereocenters. The number of rotatable bonds is 3. The lowest BCUT2D eigenvalue weighted by Crippen LogP contribution is -1.83. The average molecular weight is 244 g/mol. The van der Waals surface area contributed by atoms with Gasteiger partial charge in [0.2, 0.25) is 0 Å². The summed E-state index contributed by atoms with van der Waals surface area (Å²) in [6.45, 7) is 3.97. The molecule has 2 aromatic rings. The van der Waals surface area contributed by atoms with Crippen LogP contribution in [0.15, 0.2) is 39.7 Å². The minimum atomic E-state index is -0.575. The van der Waals surface area contributed by atoms with E-state index in [9.17, 15) is 10.1 Å². The van der Waals surface area contributed by atoms with Crippen molar-refractivity contribution < 1.29 is 9.34 Å². The lowest BCUT2D eigenvalue weighted by Gasteiger charge is -2.00. The molecule has 0 amide bonds. The zero-order chi connectivity index (χ0) is 13.1. The summed E-state index contributed by atoms with van der Waals surface area (Å²) in [6, 6.07) is 8.72. The van der Waals surface area contributed by atoms with Crippen molar-refractivity contribution in [3.05, 3.63) is 57.3 Å². The summed E-state index contributed by atoms with van der Waals surface area (Å²) >= 11 is 0. The SMILES string of the molecule is Cc1ccc(N=Cc2ccc([N+](=O)[O-])o2)c(C)c1. The number of furan rings is 1. The number of hydrogen-bond donors (Lipinski definition) is 0. The Bertz CT molecular complexity index is 614. The molecule has 0 spiro atoms. The predicted octanol–water partition coefficient (Wildman–Crippen LogP) is 3.56. The van der Waals surface area contributed by atoms with Gasteiger partial charge in [0, 0.05) is 0 Å². The largest absolute Gasteiger partial charge is 0.433 e. The highest BCUT2D eigenvalue weighted by Gasteiger charge is 2.10. The van der Waals surface area contributed by atoms with Crippen LogP contribution in [0.1, 0.15) is 16.9 Å². The first-order valence-electron chi connectivity index (χ1n) is 5.42. The highest BCUT2D eigenvalue weighted by Crippen LogP contribution is 2.20. The molecule has 0 fully saturated rings. The van der Waals surface area contributed by atoms with Gasteiger partial charge in [-0.25, -0.2) is 0 Å². The van der Waals surface area contributed by atoms with Crippen LogP contribution in [-0.4, -0.2) is 11.1 Å². The molecule has 0 atom stereocenters. The molecule has 18 heavy (non-hydrogen) atoms. The van der Waals surface area contributed by atoms with E-state index in [1.807, 2.05) is 32.0 Å². The molecular weight excluding hydrogens is 232 g/mol. The molecule has 0 bridgehead atoms. The van der Waals surface area contributed by atoms with Crippen LogP contribution < -0.4 is 0 Å². The van der Waals surface area contributed by atoms with Gasteiger partial charge in [0.1, 0.15) is 4.92 Å². The zero-order valence-corrected chi connectivity index (χ0v) is 10.1. The molecule has 2 rings (SSSR count). The van der Waals surface area contributed by atoms with E-state index >= 15 is 0 Å². The fourth-order valence-electron chi connectivity index (χ4n) is 1.59. The van der Waals surface area contributed by atoms with Gasteiger partial charge in [-0.1, -0.05) is 17.7 Å². The van der Waals surface area contributed by atoms with Crippen molar-refractivity contribution in [3.8, 4) is 0 Å². The zero-order valence-electron chi connectivity index (χ0n) is 10.1. The quantitative estimate of drug-likeness (QED) is 0.471. The number of aryl methyl sites for hydroxylation is 2. The van der Waals surface area contributed by atoms with Crippen molar-refractivity contribution in [1.29, 1.82) is 0 Å². The van der Waals surface area contributed by atoms with Crippen molar-refractivity contribution >= 4 is 17.8 Å². The van der Waals surface area contributed by atoms with Gasteiger partial charge in [-0.05, 0) is 31.5 Å². The Balaban J connectivity index is 2.21. The molecule has 0 aliphatic heterocycles. The highest BCUT2D eigenvalue weighted by molar-refractivity contribution is 5.79. The first-order chi connectivity index (χ1) is 8.56. The second-order valence-electron chi connectivity index (χ2n) is 3.98. The van der Waals surface area contributed by atoms with Gasteiger partial charge in [-0.2, -0.15) is 0 Å². The molecular formula is C13H12N2O3. The standard InChI is InChI=1S/C13H12N2O3/c1-9-3-5-12(10(2)7-9)14-8-11-4-6-13(18-11)15(16)17/h3-8H,1-2H3. The first-order valence-corrected chi connectivity index (χ1v) is 5.42. The molecule has 0 N–H and O–H groups in total. The van der Waals surface area contributed by atoms with Gasteiger partial charge in [-0.3, -0.25) is 15.1 Å². The van der Waals surface area contributed by atoms with E-state index in [2.05, 4.69) is 4.99 Å². The fourth-order valence-corrected chi connectivity index (χ4v) is 1.59. The van der Waals surface area contributed by atoms with E-state index in [-0.39, 0.29) is 5.88 Å². The molecule has 0 saturated heterocycles. The van der Waals surface area contributed by atoms with E-state index in [1.165, 1.54) is 23.9 Å². The maximum absolute atomic E-state index is 10.4. The summed E-state index contributed by atoms with van der Waals surface area (Å²) in [6.07, 6.45) is 1.48. The van der Waals surface area contributed by atoms with E-state index in [1.54, 1.807) is 0 Å². The Morgan fingerprint density at radius 3 is 2.67 bits per heavy atom. The monoisotopic (exact) mass is 244 g/mol. The molecule has 1 aromatic heterocycles. The van der Waals surface area contributed by atoms with Crippen LogP contribution in [0.25, 0.3) is 0 Å². The summed E-state index contributed by atoms with van der Waals surface area (Å²) in [5, 5.41) is 10.4. The smallest absolute Gasteiger partial charge is 0.400 e. The highest BCUT2D eigenvalue weighted by atomic mass is 16.6. The predicted molar refractivity (Wildman–Crippen MR) is 68.5 cm³/mol. The molecule has 0 radical (unpaired) electrons. The van der Waals surface area contributed by atoms with Crippen LogP contribution in [0.5, 0.6) is 0 Å². The van der Waals surface area contributed by atoms with Gasteiger partial charge in [0.15, 0.2) is 5.76 Å². The van der Waals surface area contributed by atoms with Crippen LogP contribution in [0, 0.1) is 24.0 Å². The topological polar surface area (TPSA) is 68.6 Å². The fraction of sp³-hybridized carbons (Fsp3) is 0.154. The number of benzene rings is 1. The van der Waals surface area contributed by atoms with Gasteiger partial charge in [0.05, 0.1) is 18.0 Å². The number of nitro groups is 1. The minimum Gasteiger partial charge on any atom is -0.400 e. The third-order valence-electron chi connectivity index (χ3n) is 2.48. The van der Waals surface area contributed by atoms with Crippen molar-refractivity contribution in [1.82, 2.24) is 0 Å². The van der Waals surface area contributed by atoms with Crippen LogP contribution in [0.3, 0.4) is 0 Å². The maximum atomic E-state index is 10.4. The maximum Gasteiger partial charge on any atom is 0.433 e. The summed E-state index contributed by atoms with van der Waals surface area (Å²) < 4.78 is 4.98. The molecule has 0 aliphatic carbocycles. The van der Waals surface area contributed by atoms with Crippen molar-refractivity contribution in [3.63, 3.8) is 0 Å². The number of hydrogen-bond acceptors (Lipinski definition) is 4. The molecule has 92 valence electrons. The number of aliphatic imine (C=N–C) groups is 1. The summed E-state index contributed by atoms with van der Waals surface area (Å²) in [5.41, 5.74) is 3.03. The second kappa shape index (κ2) is 4.83. The Hall–Kier alpha value is -2.43. The second-order valence-corrected chi connectivity index (χ2v) is 3.98. The van der Waals surface area contributed by atoms with Gasteiger partial charge >= 0.3 is 5.88 Å². The average Bonchev–Trinajstić information content (AvgIpc) is 2.76. The molecule has 0 saturated carbocycles. The minimum absolute atomic E-state index is 0.280. The third-order valence-corrected chi connectivity index (χ3v) is 2.48. The van der Waals surface area contributed by atoms with Crippen LogP contribution >= 0.6 is 0 Å². The molecule has 1 heterocycles. The Kier molecular flexibility index (Phi) is 3.23. The molecule has 0 aliphatic rings. The third kappa shape index (κ3) is 2.63. The van der Waals surface area contributed by atoms with Gasteiger partial charge in [-0.15, -0.1) is 0 Å². The van der Waals surface area contributed by atoms with E-state index in [4.69, 9.17) is 4.42 Å². The lowest BCUT2D eigenvalue weighted by molar-refractivity contribution is -0.402. The normalized spacial score (nSPS) is 11.0. The van der Waals surface area contributed by atoms with Crippen LogP contribution in [0.4, 0.5) is 11.6 Å². The summed E-state index contributed by atoms with van der Waals surface area (Å²) in [5.74, 6) is 0.0822. The van der Waals surface area contributed by atoms with Crippen LogP contribution in [0.2, 0.25) is 0 Å². The van der Waals surface area contributed by atoms with Crippen molar-refractivity contribution in [2.45, 2.75) is 13.8 Å².